The number of anilines is 1. The second kappa shape index (κ2) is 8.53. The van der Waals surface area contributed by atoms with Crippen molar-refractivity contribution in [1.29, 1.82) is 0 Å². The standard InChI is InChI=1S/C25H31N3O3/c1-15(2)18-10-12-19(13-11-18)25(6)23(30)28(24(31)27-25)14-21(29)26-22-17(5)8-7-9-20(22)16(3)4/h7-13,15-16H,14H2,1-6H3,(H,26,29)(H,27,31). The monoisotopic (exact) mass is 421 g/mol. The van der Waals surface area contributed by atoms with E-state index in [4.69, 9.17) is 0 Å². The summed E-state index contributed by atoms with van der Waals surface area (Å²) in [6, 6.07) is 12.9. The molecule has 3 rings (SSSR count). The van der Waals surface area contributed by atoms with Gasteiger partial charge in [0.2, 0.25) is 5.91 Å². The zero-order valence-corrected chi connectivity index (χ0v) is 19.1. The van der Waals surface area contributed by atoms with Crippen LogP contribution in [0.4, 0.5) is 10.5 Å². The maximum Gasteiger partial charge on any atom is 0.325 e. The summed E-state index contributed by atoms with van der Waals surface area (Å²) in [5, 5.41) is 5.67. The van der Waals surface area contributed by atoms with E-state index in [9.17, 15) is 14.4 Å². The van der Waals surface area contributed by atoms with Crippen molar-refractivity contribution in [1.82, 2.24) is 10.2 Å². The van der Waals surface area contributed by atoms with Gasteiger partial charge in [0.25, 0.3) is 5.91 Å². The molecule has 6 heteroatoms. The first-order valence-corrected chi connectivity index (χ1v) is 10.7. The van der Waals surface area contributed by atoms with Crippen molar-refractivity contribution in [2.45, 2.75) is 58.9 Å². The Bertz CT molecular complexity index is 1010. The summed E-state index contributed by atoms with van der Waals surface area (Å²) in [4.78, 5) is 39.5. The molecule has 1 fully saturated rings. The van der Waals surface area contributed by atoms with E-state index in [1.165, 1.54) is 0 Å². The number of amides is 4. The number of para-hydroxylation sites is 1. The molecule has 31 heavy (non-hydrogen) atoms. The van der Waals surface area contributed by atoms with Crippen molar-refractivity contribution < 1.29 is 14.4 Å². The van der Waals surface area contributed by atoms with Gasteiger partial charge in [0, 0.05) is 5.69 Å². The van der Waals surface area contributed by atoms with E-state index in [-0.39, 0.29) is 12.5 Å². The third kappa shape index (κ3) is 4.33. The molecular weight excluding hydrogens is 390 g/mol. The van der Waals surface area contributed by atoms with E-state index in [2.05, 4.69) is 38.3 Å². The van der Waals surface area contributed by atoms with Gasteiger partial charge in [-0.1, -0.05) is 70.2 Å². The first-order chi connectivity index (χ1) is 14.5. The van der Waals surface area contributed by atoms with Crippen LogP contribution in [0.25, 0.3) is 0 Å². The highest BCUT2D eigenvalue weighted by atomic mass is 16.2. The fourth-order valence-corrected chi connectivity index (χ4v) is 3.90. The second-order valence-corrected chi connectivity index (χ2v) is 8.97. The lowest BCUT2D eigenvalue weighted by Crippen LogP contribution is -2.42. The first kappa shape index (κ1) is 22.5. The molecule has 1 heterocycles. The van der Waals surface area contributed by atoms with Crippen molar-refractivity contribution in [3.05, 3.63) is 64.7 Å². The summed E-state index contributed by atoms with van der Waals surface area (Å²) >= 11 is 0. The molecular formula is C25H31N3O3. The van der Waals surface area contributed by atoms with Gasteiger partial charge in [0.05, 0.1) is 0 Å². The van der Waals surface area contributed by atoms with Crippen LogP contribution in [0.15, 0.2) is 42.5 Å². The number of carbonyl (C=O) groups is 3. The summed E-state index contributed by atoms with van der Waals surface area (Å²) < 4.78 is 0. The van der Waals surface area contributed by atoms with Gasteiger partial charge < -0.3 is 10.6 Å². The number of carbonyl (C=O) groups excluding carboxylic acids is 3. The number of rotatable bonds is 6. The van der Waals surface area contributed by atoms with Gasteiger partial charge in [-0.25, -0.2) is 4.79 Å². The molecule has 1 aliphatic heterocycles. The van der Waals surface area contributed by atoms with Crippen LogP contribution in [0.1, 0.15) is 68.7 Å². The molecule has 6 nitrogen and oxygen atoms in total. The Morgan fingerprint density at radius 2 is 1.68 bits per heavy atom. The van der Waals surface area contributed by atoms with Gasteiger partial charge in [-0.2, -0.15) is 0 Å². The maximum atomic E-state index is 13.1. The number of imide groups is 1. The molecule has 2 aromatic rings. The topological polar surface area (TPSA) is 78.5 Å². The van der Waals surface area contributed by atoms with Crippen molar-refractivity contribution in [3.63, 3.8) is 0 Å². The van der Waals surface area contributed by atoms with Crippen LogP contribution in [0.2, 0.25) is 0 Å². The van der Waals surface area contributed by atoms with Gasteiger partial charge in [-0.05, 0) is 47.9 Å². The predicted octanol–water partition coefficient (Wildman–Crippen LogP) is 4.65. The number of benzene rings is 2. The highest BCUT2D eigenvalue weighted by molar-refractivity contribution is 6.10. The van der Waals surface area contributed by atoms with Crippen LogP contribution in [0.5, 0.6) is 0 Å². The fraction of sp³-hybridized carbons (Fsp3) is 0.400. The molecule has 0 bridgehead atoms. The summed E-state index contributed by atoms with van der Waals surface area (Å²) in [7, 11) is 0. The molecule has 0 aromatic heterocycles. The van der Waals surface area contributed by atoms with Crippen molar-refractivity contribution in [2.75, 3.05) is 11.9 Å². The van der Waals surface area contributed by atoms with Gasteiger partial charge in [0.15, 0.2) is 0 Å². The SMILES string of the molecule is Cc1cccc(C(C)C)c1NC(=O)CN1C(=O)NC(C)(c2ccc(C(C)C)cc2)C1=O. The molecule has 0 aliphatic carbocycles. The lowest BCUT2D eigenvalue weighted by Gasteiger charge is -2.23. The minimum absolute atomic E-state index is 0.226. The number of hydrogen-bond donors (Lipinski definition) is 2. The Kier molecular flexibility index (Phi) is 6.20. The summed E-state index contributed by atoms with van der Waals surface area (Å²) in [6.07, 6.45) is 0. The number of aryl methyl sites for hydroxylation is 1. The molecule has 0 saturated carbocycles. The van der Waals surface area contributed by atoms with E-state index in [1.807, 2.05) is 49.4 Å². The largest absolute Gasteiger partial charge is 0.325 e. The van der Waals surface area contributed by atoms with Gasteiger partial charge in [-0.15, -0.1) is 0 Å². The zero-order valence-electron chi connectivity index (χ0n) is 19.1. The van der Waals surface area contributed by atoms with Gasteiger partial charge in [-0.3, -0.25) is 14.5 Å². The Labute approximate surface area is 184 Å². The number of hydrogen-bond acceptors (Lipinski definition) is 3. The maximum absolute atomic E-state index is 13.1. The normalized spacial score (nSPS) is 18.6. The van der Waals surface area contributed by atoms with Crippen molar-refractivity contribution >= 4 is 23.5 Å². The summed E-state index contributed by atoms with van der Waals surface area (Å²) in [5.74, 6) is -0.241. The first-order valence-electron chi connectivity index (χ1n) is 10.7. The molecule has 0 radical (unpaired) electrons. The van der Waals surface area contributed by atoms with Crippen LogP contribution in [-0.4, -0.2) is 29.3 Å². The Hall–Kier alpha value is -3.15. The number of urea groups is 1. The summed E-state index contributed by atoms with van der Waals surface area (Å²) in [5.41, 5.74) is 3.34. The van der Waals surface area contributed by atoms with E-state index >= 15 is 0 Å². The van der Waals surface area contributed by atoms with Gasteiger partial charge in [0.1, 0.15) is 12.1 Å². The van der Waals surface area contributed by atoms with Crippen LogP contribution < -0.4 is 10.6 Å². The van der Waals surface area contributed by atoms with Crippen LogP contribution >= 0.6 is 0 Å². The highest BCUT2D eigenvalue weighted by Crippen LogP contribution is 2.31. The Balaban J connectivity index is 1.78. The minimum Gasteiger partial charge on any atom is -0.324 e. The smallest absolute Gasteiger partial charge is 0.324 e. The lowest BCUT2D eigenvalue weighted by atomic mass is 9.90. The average Bonchev–Trinajstić information content (AvgIpc) is 2.93. The minimum atomic E-state index is -1.20. The molecule has 1 aliphatic rings. The van der Waals surface area contributed by atoms with E-state index in [0.717, 1.165) is 27.3 Å². The molecule has 164 valence electrons. The van der Waals surface area contributed by atoms with Gasteiger partial charge >= 0.3 is 6.03 Å². The molecule has 0 spiro atoms. The molecule has 1 saturated heterocycles. The molecule has 1 unspecified atom stereocenters. The molecule has 2 aromatic carbocycles. The quantitative estimate of drug-likeness (QED) is 0.667. The van der Waals surface area contributed by atoms with E-state index in [1.54, 1.807) is 6.92 Å². The second-order valence-electron chi connectivity index (χ2n) is 8.97. The van der Waals surface area contributed by atoms with E-state index < -0.39 is 23.4 Å². The third-order valence-corrected chi connectivity index (χ3v) is 5.92. The van der Waals surface area contributed by atoms with E-state index in [0.29, 0.717) is 11.5 Å². The fourth-order valence-electron chi connectivity index (χ4n) is 3.90. The highest BCUT2D eigenvalue weighted by Gasteiger charge is 2.49. The molecule has 2 N–H and O–H groups in total. The van der Waals surface area contributed by atoms with Crippen LogP contribution in [0, 0.1) is 6.92 Å². The number of nitrogens with one attached hydrogen (secondary N) is 2. The van der Waals surface area contributed by atoms with Crippen molar-refractivity contribution in [3.8, 4) is 0 Å². The Morgan fingerprint density at radius 3 is 2.26 bits per heavy atom. The van der Waals surface area contributed by atoms with Crippen LogP contribution in [0.3, 0.4) is 0 Å². The third-order valence-electron chi connectivity index (χ3n) is 5.92. The van der Waals surface area contributed by atoms with Crippen LogP contribution in [-0.2, 0) is 15.1 Å². The summed E-state index contributed by atoms with van der Waals surface area (Å²) in [6.45, 7) is 11.6. The molecule has 4 amide bonds. The lowest BCUT2D eigenvalue weighted by molar-refractivity contribution is -0.133. The van der Waals surface area contributed by atoms with Crippen molar-refractivity contribution in [2.24, 2.45) is 0 Å². The average molecular weight is 422 g/mol. The Morgan fingerprint density at radius 1 is 1.03 bits per heavy atom. The zero-order chi connectivity index (χ0) is 22.9. The number of nitrogens with zero attached hydrogens (tertiary/aromatic N) is 1. The molecule has 1 atom stereocenters. The predicted molar refractivity (Wildman–Crippen MR) is 122 cm³/mol.